The Hall–Kier alpha value is -3.67. The number of nitrogens with two attached hydrogens (primary N) is 1. The van der Waals surface area contributed by atoms with Crippen LogP contribution in [0.4, 0.5) is 14.5 Å². The predicted octanol–water partition coefficient (Wildman–Crippen LogP) is 2.91. The maximum absolute atomic E-state index is 12.4. The van der Waals surface area contributed by atoms with Crippen LogP contribution in [0.1, 0.15) is 16.7 Å². The van der Waals surface area contributed by atoms with E-state index in [-0.39, 0.29) is 43.0 Å². The number of rotatable bonds is 8. The Morgan fingerprint density at radius 3 is 2.83 bits per heavy atom. The van der Waals surface area contributed by atoms with Crippen LogP contribution in [0, 0.1) is 10.1 Å². The summed E-state index contributed by atoms with van der Waals surface area (Å²) in [6, 6.07) is 6.70. The highest BCUT2D eigenvalue weighted by Crippen LogP contribution is 2.33. The van der Waals surface area contributed by atoms with Crippen LogP contribution in [0.15, 0.2) is 35.5 Å². The summed E-state index contributed by atoms with van der Waals surface area (Å²) in [7, 11) is 1.29. The zero-order chi connectivity index (χ0) is 21.7. The highest BCUT2D eigenvalue weighted by molar-refractivity contribution is 5.97. The lowest BCUT2D eigenvalue weighted by atomic mass is 10.1. The molecule has 0 atom stereocenters. The molecule has 2 N–H and O–H groups in total. The molecule has 0 bridgehead atoms. The molecule has 2 aromatic carbocycles. The second-order valence-corrected chi connectivity index (χ2v) is 5.96. The van der Waals surface area contributed by atoms with Crippen molar-refractivity contribution in [1.82, 2.24) is 0 Å². The van der Waals surface area contributed by atoms with Crippen molar-refractivity contribution < 1.29 is 37.5 Å². The Balaban J connectivity index is 1.77. The molecule has 30 heavy (non-hydrogen) atoms. The van der Waals surface area contributed by atoms with Crippen LogP contribution in [0.5, 0.6) is 17.2 Å². The Labute approximate surface area is 168 Å². The van der Waals surface area contributed by atoms with Gasteiger partial charge in [0.2, 0.25) is 0 Å². The molecule has 160 valence electrons. The lowest BCUT2D eigenvalue weighted by molar-refractivity contribution is -0.385. The fraction of sp³-hybridized carbons (Fsp3) is 0.278. The number of oxime groups is 1. The van der Waals surface area contributed by atoms with Crippen LogP contribution in [0.2, 0.25) is 0 Å². The molecule has 0 saturated heterocycles. The Morgan fingerprint density at radius 1 is 1.33 bits per heavy atom. The molecule has 2 aromatic rings. The number of alkyl halides is 2. The number of fused-ring (bicyclic) bond motifs is 1. The number of amidine groups is 1. The van der Waals surface area contributed by atoms with Gasteiger partial charge in [-0.3, -0.25) is 10.1 Å². The zero-order valence-electron chi connectivity index (χ0n) is 15.7. The summed E-state index contributed by atoms with van der Waals surface area (Å²) in [5.74, 6) is 0.232. The number of nitro groups is 1. The molecule has 1 heterocycles. The molecular weight excluding hydrogens is 408 g/mol. The molecule has 0 saturated carbocycles. The van der Waals surface area contributed by atoms with E-state index in [1.54, 1.807) is 0 Å². The van der Waals surface area contributed by atoms with Crippen LogP contribution in [0.3, 0.4) is 0 Å². The smallest absolute Gasteiger partial charge is 0.387 e. The number of methoxy groups -OCH3 is 1. The summed E-state index contributed by atoms with van der Waals surface area (Å²) in [5, 5.41) is 14.9. The van der Waals surface area contributed by atoms with Crippen molar-refractivity contribution in [3.63, 3.8) is 0 Å². The Kier molecular flexibility index (Phi) is 6.47. The van der Waals surface area contributed by atoms with Crippen LogP contribution in [-0.2, 0) is 22.8 Å². The van der Waals surface area contributed by atoms with Crippen LogP contribution < -0.4 is 19.9 Å². The topological polar surface area (TPSA) is 128 Å². The number of nitro benzene ring substituents is 1. The van der Waals surface area contributed by atoms with Crippen molar-refractivity contribution in [3.8, 4) is 17.2 Å². The van der Waals surface area contributed by atoms with Gasteiger partial charge < -0.3 is 29.5 Å². The molecule has 3 rings (SSSR count). The van der Waals surface area contributed by atoms with E-state index in [2.05, 4.69) is 9.89 Å². The zero-order valence-corrected chi connectivity index (χ0v) is 15.7. The van der Waals surface area contributed by atoms with Crippen molar-refractivity contribution in [2.24, 2.45) is 10.9 Å². The first kappa shape index (κ1) is 21.0. The van der Waals surface area contributed by atoms with Gasteiger partial charge in [0.15, 0.2) is 24.1 Å². The summed E-state index contributed by atoms with van der Waals surface area (Å²) >= 11 is 0. The predicted molar refractivity (Wildman–Crippen MR) is 98.5 cm³/mol. The minimum absolute atomic E-state index is 0.00997. The molecule has 0 aliphatic carbocycles. The van der Waals surface area contributed by atoms with Gasteiger partial charge in [0.1, 0.15) is 12.4 Å². The SMILES string of the molecule is COc1cc(C(N)=NOCc2cc([N+](=O)[O-])cc3c2OCOC3)ccc1OC(F)F. The maximum atomic E-state index is 12.4. The fourth-order valence-corrected chi connectivity index (χ4v) is 2.74. The third-order valence-corrected chi connectivity index (χ3v) is 4.04. The van der Waals surface area contributed by atoms with Crippen molar-refractivity contribution in [2.45, 2.75) is 19.8 Å². The van der Waals surface area contributed by atoms with Crippen LogP contribution >= 0.6 is 0 Å². The number of hydrogen-bond acceptors (Lipinski definition) is 8. The minimum Gasteiger partial charge on any atom is -0.493 e. The molecule has 0 amide bonds. The monoisotopic (exact) mass is 425 g/mol. The van der Waals surface area contributed by atoms with E-state index >= 15 is 0 Å². The lowest BCUT2D eigenvalue weighted by Crippen LogP contribution is -2.15. The number of hydrogen-bond donors (Lipinski definition) is 1. The van der Waals surface area contributed by atoms with Gasteiger partial charge in [0.05, 0.1) is 18.6 Å². The van der Waals surface area contributed by atoms with Crippen LogP contribution in [0.25, 0.3) is 0 Å². The number of nitrogens with zero attached hydrogens (tertiary/aromatic N) is 2. The second-order valence-electron chi connectivity index (χ2n) is 5.96. The third-order valence-electron chi connectivity index (χ3n) is 4.04. The average Bonchev–Trinajstić information content (AvgIpc) is 2.73. The van der Waals surface area contributed by atoms with Gasteiger partial charge in [-0.2, -0.15) is 8.78 Å². The van der Waals surface area contributed by atoms with Crippen molar-refractivity contribution >= 4 is 11.5 Å². The molecule has 0 radical (unpaired) electrons. The van der Waals surface area contributed by atoms with Crippen molar-refractivity contribution in [1.29, 1.82) is 0 Å². The lowest BCUT2D eigenvalue weighted by Gasteiger charge is -2.20. The molecule has 1 aliphatic heterocycles. The number of halogens is 2. The van der Waals surface area contributed by atoms with Crippen LogP contribution in [-0.4, -0.2) is 31.3 Å². The fourth-order valence-electron chi connectivity index (χ4n) is 2.74. The maximum Gasteiger partial charge on any atom is 0.387 e. The van der Waals surface area contributed by atoms with Gasteiger partial charge in [0, 0.05) is 28.8 Å². The summed E-state index contributed by atoms with van der Waals surface area (Å²) in [5.41, 5.74) is 6.98. The normalized spacial score (nSPS) is 13.4. The van der Waals surface area contributed by atoms with Gasteiger partial charge in [-0.25, -0.2) is 0 Å². The molecule has 1 aliphatic rings. The van der Waals surface area contributed by atoms with Gasteiger partial charge in [-0.05, 0) is 18.2 Å². The molecule has 0 spiro atoms. The van der Waals surface area contributed by atoms with E-state index in [1.807, 2.05) is 0 Å². The van der Waals surface area contributed by atoms with Crippen molar-refractivity contribution in [2.75, 3.05) is 13.9 Å². The van der Waals surface area contributed by atoms with Crippen molar-refractivity contribution in [3.05, 3.63) is 57.1 Å². The Morgan fingerprint density at radius 2 is 2.13 bits per heavy atom. The highest BCUT2D eigenvalue weighted by Gasteiger charge is 2.21. The van der Waals surface area contributed by atoms with E-state index in [0.29, 0.717) is 22.4 Å². The van der Waals surface area contributed by atoms with Gasteiger partial charge in [-0.1, -0.05) is 5.16 Å². The Bertz CT molecular complexity index is 969. The molecular formula is C18H17F2N3O7. The summed E-state index contributed by atoms with van der Waals surface area (Å²) in [6.07, 6.45) is 0. The largest absolute Gasteiger partial charge is 0.493 e. The standard InChI is InChI=1S/C18H17F2N3O7/c1-26-15-6-10(2-3-14(15)30-18(19)20)17(21)22-29-8-12-5-13(23(24)25)4-11-7-27-9-28-16(11)12/h2-6,18H,7-9H2,1H3,(H2,21,22). The number of benzene rings is 2. The van der Waals surface area contributed by atoms with E-state index in [1.165, 1.54) is 37.4 Å². The summed E-state index contributed by atoms with van der Waals surface area (Å²) < 4.78 is 44.7. The molecule has 12 heteroatoms. The van der Waals surface area contributed by atoms with Gasteiger partial charge in [0.25, 0.3) is 5.69 Å². The molecule has 0 fully saturated rings. The summed E-state index contributed by atoms with van der Waals surface area (Å²) in [4.78, 5) is 15.8. The molecule has 10 nitrogen and oxygen atoms in total. The van der Waals surface area contributed by atoms with E-state index in [4.69, 9.17) is 24.8 Å². The first-order chi connectivity index (χ1) is 14.4. The number of non-ortho nitro benzene ring substituents is 1. The highest BCUT2D eigenvalue weighted by atomic mass is 19.3. The average molecular weight is 425 g/mol. The minimum atomic E-state index is -3.01. The first-order valence-electron chi connectivity index (χ1n) is 8.48. The van der Waals surface area contributed by atoms with E-state index in [9.17, 15) is 18.9 Å². The summed E-state index contributed by atoms with van der Waals surface area (Å²) in [6.45, 7) is -2.99. The number of ether oxygens (including phenoxy) is 4. The molecule has 0 aromatic heterocycles. The quantitative estimate of drug-likeness (QED) is 0.296. The van der Waals surface area contributed by atoms with E-state index in [0.717, 1.165) is 0 Å². The first-order valence-corrected chi connectivity index (χ1v) is 8.48. The third kappa shape index (κ3) is 4.84. The second kappa shape index (κ2) is 9.22. The molecule has 0 unspecified atom stereocenters. The van der Waals surface area contributed by atoms with Gasteiger partial charge in [-0.15, -0.1) is 0 Å². The van der Waals surface area contributed by atoms with E-state index < -0.39 is 11.5 Å². The van der Waals surface area contributed by atoms with Gasteiger partial charge >= 0.3 is 6.61 Å².